The maximum Gasteiger partial charge on any atom is 0.378 e. The first-order valence-corrected chi connectivity index (χ1v) is 9.36. The lowest BCUT2D eigenvalue weighted by Gasteiger charge is -2.08. The standard InChI is InChI=1S/C20H34O4/c1-5-9-11-17(7-3)13-15-19(21)23-24-20(22)16-14-18(8-4)12-10-6-2/h13-18H,5-12H2,1-4H3. The minimum absolute atomic E-state index is 0.358. The quantitative estimate of drug-likeness (QED) is 0.266. The average Bonchev–Trinajstić information content (AvgIpc) is 2.60. The molecule has 4 heteroatoms. The highest BCUT2D eigenvalue weighted by atomic mass is 17.2. The van der Waals surface area contributed by atoms with Gasteiger partial charge in [-0.1, -0.05) is 65.5 Å². The number of rotatable bonds is 12. The Kier molecular flexibility index (Phi) is 14.0. The van der Waals surface area contributed by atoms with Crippen LogP contribution in [0, 0.1) is 11.8 Å². The number of hydrogen-bond donors (Lipinski definition) is 0. The lowest BCUT2D eigenvalue weighted by atomic mass is 9.99. The maximum atomic E-state index is 11.6. The van der Waals surface area contributed by atoms with Gasteiger partial charge in [0.2, 0.25) is 0 Å². The highest BCUT2D eigenvalue weighted by Gasteiger charge is 2.07. The lowest BCUT2D eigenvalue weighted by molar-refractivity contribution is -0.250. The van der Waals surface area contributed by atoms with Crippen molar-refractivity contribution in [2.75, 3.05) is 0 Å². The number of allylic oxidation sites excluding steroid dienone is 2. The summed E-state index contributed by atoms with van der Waals surface area (Å²) in [5.41, 5.74) is 0. The molecule has 0 fully saturated rings. The van der Waals surface area contributed by atoms with Crippen LogP contribution in [0.5, 0.6) is 0 Å². The fourth-order valence-corrected chi connectivity index (χ4v) is 2.37. The van der Waals surface area contributed by atoms with Gasteiger partial charge in [-0.15, -0.1) is 0 Å². The summed E-state index contributed by atoms with van der Waals surface area (Å²) < 4.78 is 0. The average molecular weight is 338 g/mol. The smallest absolute Gasteiger partial charge is 0.242 e. The van der Waals surface area contributed by atoms with Crippen molar-refractivity contribution in [1.82, 2.24) is 0 Å². The van der Waals surface area contributed by atoms with Crippen molar-refractivity contribution >= 4 is 11.9 Å². The topological polar surface area (TPSA) is 52.6 Å². The molecule has 0 saturated heterocycles. The molecule has 0 aromatic rings. The Morgan fingerprint density at radius 3 is 1.42 bits per heavy atom. The summed E-state index contributed by atoms with van der Waals surface area (Å²) >= 11 is 0. The number of carbonyl (C=O) groups is 2. The van der Waals surface area contributed by atoms with Crippen LogP contribution in [0.1, 0.15) is 79.1 Å². The third kappa shape index (κ3) is 11.9. The first-order chi connectivity index (χ1) is 11.6. The van der Waals surface area contributed by atoms with E-state index in [1.165, 1.54) is 12.2 Å². The van der Waals surface area contributed by atoms with Crippen LogP contribution in [-0.2, 0) is 19.4 Å². The molecule has 0 aliphatic heterocycles. The monoisotopic (exact) mass is 338 g/mol. The van der Waals surface area contributed by atoms with E-state index in [9.17, 15) is 9.59 Å². The number of carbonyl (C=O) groups excluding carboxylic acids is 2. The molecule has 0 aromatic heterocycles. The Balaban J connectivity index is 4.17. The van der Waals surface area contributed by atoms with Gasteiger partial charge < -0.3 is 0 Å². The molecule has 0 heterocycles. The minimum Gasteiger partial charge on any atom is -0.242 e. The molecule has 138 valence electrons. The molecule has 4 nitrogen and oxygen atoms in total. The number of unbranched alkanes of at least 4 members (excludes halogenated alkanes) is 2. The van der Waals surface area contributed by atoms with Gasteiger partial charge in [0.05, 0.1) is 0 Å². The van der Waals surface area contributed by atoms with Crippen LogP contribution >= 0.6 is 0 Å². The molecule has 0 aliphatic rings. The first kappa shape index (κ1) is 22.4. The minimum atomic E-state index is -0.648. The SMILES string of the molecule is CCCCC(C=CC(=O)OOC(=O)C=CC(CC)CCCC)CC. The van der Waals surface area contributed by atoms with Crippen molar-refractivity contribution in [3.05, 3.63) is 24.3 Å². The van der Waals surface area contributed by atoms with Crippen LogP contribution in [0.3, 0.4) is 0 Å². The van der Waals surface area contributed by atoms with E-state index < -0.39 is 11.9 Å². The van der Waals surface area contributed by atoms with E-state index in [2.05, 4.69) is 37.5 Å². The van der Waals surface area contributed by atoms with Crippen molar-refractivity contribution in [3.8, 4) is 0 Å². The molecule has 2 atom stereocenters. The highest BCUT2D eigenvalue weighted by molar-refractivity contribution is 5.85. The van der Waals surface area contributed by atoms with E-state index in [-0.39, 0.29) is 0 Å². The Hall–Kier alpha value is -1.58. The molecular weight excluding hydrogens is 304 g/mol. The van der Waals surface area contributed by atoms with Crippen LogP contribution in [0.15, 0.2) is 24.3 Å². The van der Waals surface area contributed by atoms with E-state index in [1.807, 2.05) is 12.2 Å². The Morgan fingerprint density at radius 1 is 0.750 bits per heavy atom. The summed E-state index contributed by atoms with van der Waals surface area (Å²) in [5, 5.41) is 0. The molecule has 0 radical (unpaired) electrons. The summed E-state index contributed by atoms with van der Waals surface area (Å²) in [6, 6.07) is 0. The van der Waals surface area contributed by atoms with E-state index >= 15 is 0 Å². The van der Waals surface area contributed by atoms with Gasteiger partial charge in [0.1, 0.15) is 0 Å². The van der Waals surface area contributed by atoms with Crippen LogP contribution in [-0.4, -0.2) is 11.9 Å². The third-order valence-electron chi connectivity index (χ3n) is 4.12. The molecule has 24 heavy (non-hydrogen) atoms. The largest absolute Gasteiger partial charge is 0.378 e. The van der Waals surface area contributed by atoms with Crippen LogP contribution in [0.25, 0.3) is 0 Å². The van der Waals surface area contributed by atoms with Crippen LogP contribution in [0.2, 0.25) is 0 Å². The van der Waals surface area contributed by atoms with Gasteiger partial charge in [0.25, 0.3) is 0 Å². The Morgan fingerprint density at radius 2 is 1.12 bits per heavy atom. The van der Waals surface area contributed by atoms with Crippen molar-refractivity contribution in [2.24, 2.45) is 11.8 Å². The van der Waals surface area contributed by atoms with Gasteiger partial charge in [-0.3, -0.25) is 0 Å². The van der Waals surface area contributed by atoms with Gasteiger partial charge in [-0.25, -0.2) is 19.4 Å². The first-order valence-electron chi connectivity index (χ1n) is 9.36. The summed E-state index contributed by atoms with van der Waals surface area (Å²) in [5.74, 6) is -0.580. The molecule has 2 unspecified atom stereocenters. The molecule has 0 N–H and O–H groups in total. The molecule has 0 spiro atoms. The fourth-order valence-electron chi connectivity index (χ4n) is 2.37. The van der Waals surface area contributed by atoms with E-state index in [0.717, 1.165) is 51.4 Å². The zero-order chi connectivity index (χ0) is 18.2. The van der Waals surface area contributed by atoms with Gasteiger partial charge in [-0.05, 0) is 37.5 Å². The second kappa shape index (κ2) is 15.0. The fraction of sp³-hybridized carbons (Fsp3) is 0.700. The molecule has 0 bridgehead atoms. The Labute approximate surface area is 147 Å². The molecule has 0 aliphatic carbocycles. The van der Waals surface area contributed by atoms with E-state index in [0.29, 0.717) is 11.8 Å². The second-order valence-electron chi connectivity index (χ2n) is 6.14. The molecule has 0 saturated carbocycles. The van der Waals surface area contributed by atoms with Gasteiger partial charge in [-0.2, -0.15) is 0 Å². The zero-order valence-electron chi connectivity index (χ0n) is 15.8. The van der Waals surface area contributed by atoms with Crippen LogP contribution < -0.4 is 0 Å². The summed E-state index contributed by atoms with van der Waals surface area (Å²) in [4.78, 5) is 32.2. The second-order valence-corrected chi connectivity index (χ2v) is 6.14. The summed E-state index contributed by atoms with van der Waals surface area (Å²) in [7, 11) is 0. The third-order valence-corrected chi connectivity index (χ3v) is 4.12. The predicted molar refractivity (Wildman–Crippen MR) is 97.1 cm³/mol. The Bertz CT molecular complexity index is 360. The van der Waals surface area contributed by atoms with Gasteiger partial charge in [0, 0.05) is 12.2 Å². The highest BCUT2D eigenvalue weighted by Crippen LogP contribution is 2.14. The van der Waals surface area contributed by atoms with Crippen molar-refractivity contribution in [1.29, 1.82) is 0 Å². The van der Waals surface area contributed by atoms with Crippen LogP contribution in [0.4, 0.5) is 0 Å². The summed E-state index contributed by atoms with van der Waals surface area (Å²) in [6.07, 6.45) is 14.9. The normalized spacial score (nSPS) is 14.0. The summed E-state index contributed by atoms with van der Waals surface area (Å²) in [6.45, 7) is 8.46. The van der Waals surface area contributed by atoms with Crippen molar-refractivity contribution < 1.29 is 19.4 Å². The van der Waals surface area contributed by atoms with E-state index in [1.54, 1.807) is 0 Å². The van der Waals surface area contributed by atoms with Gasteiger partial charge >= 0.3 is 11.9 Å². The van der Waals surface area contributed by atoms with Crippen molar-refractivity contribution in [3.63, 3.8) is 0 Å². The number of hydrogen-bond acceptors (Lipinski definition) is 4. The predicted octanol–water partition coefficient (Wildman–Crippen LogP) is 5.53. The lowest BCUT2D eigenvalue weighted by Crippen LogP contribution is -2.08. The maximum absolute atomic E-state index is 11.6. The van der Waals surface area contributed by atoms with E-state index in [4.69, 9.17) is 0 Å². The van der Waals surface area contributed by atoms with Gasteiger partial charge in [0.15, 0.2) is 0 Å². The molecular formula is C20H34O4. The molecule has 0 rings (SSSR count). The van der Waals surface area contributed by atoms with Crippen molar-refractivity contribution in [2.45, 2.75) is 79.1 Å². The molecule has 0 amide bonds. The molecule has 0 aromatic carbocycles. The zero-order valence-corrected chi connectivity index (χ0v) is 15.8.